The maximum absolute atomic E-state index is 5.41. The minimum atomic E-state index is 0.472. The smallest absolute Gasteiger partial charge is 0.191 e. The van der Waals surface area contributed by atoms with Gasteiger partial charge in [0.05, 0.1) is 18.4 Å². The summed E-state index contributed by atoms with van der Waals surface area (Å²) in [5.41, 5.74) is 2.24. The van der Waals surface area contributed by atoms with Gasteiger partial charge in [0.1, 0.15) is 0 Å². The van der Waals surface area contributed by atoms with Crippen LogP contribution in [0, 0.1) is 0 Å². The van der Waals surface area contributed by atoms with Crippen LogP contribution in [0.25, 0.3) is 0 Å². The number of rotatable bonds is 8. The van der Waals surface area contributed by atoms with Crippen LogP contribution in [0.15, 0.2) is 28.0 Å². The lowest BCUT2D eigenvalue weighted by atomic mass is 9.99. The van der Waals surface area contributed by atoms with E-state index in [1.54, 1.807) is 7.05 Å². The largest absolute Gasteiger partial charge is 0.359 e. The van der Waals surface area contributed by atoms with Gasteiger partial charge in [-0.25, -0.2) is 0 Å². The summed E-state index contributed by atoms with van der Waals surface area (Å²) in [6.07, 6.45) is 6.95. The third-order valence-corrected chi connectivity index (χ3v) is 4.10. The fourth-order valence-electron chi connectivity index (χ4n) is 2.63. The summed E-state index contributed by atoms with van der Waals surface area (Å²) in [6.45, 7) is 5.71. The molecule has 2 N–H and O–H groups in total. The SMILES string of the molecule is CCC(CC)c1cc(CNC(=NC)NCCc2cnn(C)c2)on1. The maximum atomic E-state index is 5.41. The van der Waals surface area contributed by atoms with Gasteiger partial charge in [-0.3, -0.25) is 9.67 Å². The molecular formula is C17H28N6O. The molecule has 2 aromatic heterocycles. The Morgan fingerprint density at radius 3 is 2.75 bits per heavy atom. The van der Waals surface area contributed by atoms with Crippen molar-refractivity contribution in [3.63, 3.8) is 0 Å². The molecule has 2 aromatic rings. The van der Waals surface area contributed by atoms with E-state index in [0.717, 1.165) is 43.2 Å². The van der Waals surface area contributed by atoms with Crippen molar-refractivity contribution >= 4 is 5.96 Å². The molecule has 7 heteroatoms. The van der Waals surface area contributed by atoms with E-state index < -0.39 is 0 Å². The van der Waals surface area contributed by atoms with Gasteiger partial charge in [-0.05, 0) is 24.8 Å². The summed E-state index contributed by atoms with van der Waals surface area (Å²) < 4.78 is 7.22. The van der Waals surface area contributed by atoms with Gasteiger partial charge in [0, 0.05) is 38.8 Å². The van der Waals surface area contributed by atoms with Gasteiger partial charge in [0.25, 0.3) is 0 Å². The van der Waals surface area contributed by atoms with Gasteiger partial charge >= 0.3 is 0 Å². The van der Waals surface area contributed by atoms with Gasteiger partial charge < -0.3 is 15.2 Å². The van der Waals surface area contributed by atoms with Crippen molar-refractivity contribution in [3.05, 3.63) is 35.5 Å². The molecule has 0 spiro atoms. The number of nitrogens with one attached hydrogen (secondary N) is 2. The predicted molar refractivity (Wildman–Crippen MR) is 94.9 cm³/mol. The zero-order chi connectivity index (χ0) is 17.4. The van der Waals surface area contributed by atoms with Crippen LogP contribution < -0.4 is 10.6 Å². The van der Waals surface area contributed by atoms with E-state index in [1.807, 2.05) is 30.2 Å². The number of aryl methyl sites for hydroxylation is 1. The fourth-order valence-corrected chi connectivity index (χ4v) is 2.63. The van der Waals surface area contributed by atoms with E-state index in [0.29, 0.717) is 12.5 Å². The maximum Gasteiger partial charge on any atom is 0.191 e. The van der Waals surface area contributed by atoms with Crippen LogP contribution in [-0.4, -0.2) is 34.5 Å². The zero-order valence-corrected chi connectivity index (χ0v) is 15.0. The van der Waals surface area contributed by atoms with E-state index in [9.17, 15) is 0 Å². The van der Waals surface area contributed by atoms with E-state index in [2.05, 4.69) is 39.7 Å². The van der Waals surface area contributed by atoms with Gasteiger partial charge in [0.2, 0.25) is 0 Å². The molecular weight excluding hydrogens is 304 g/mol. The Hall–Kier alpha value is -2.31. The topological polar surface area (TPSA) is 80.3 Å². The summed E-state index contributed by atoms with van der Waals surface area (Å²) >= 11 is 0. The van der Waals surface area contributed by atoms with Gasteiger partial charge in [-0.2, -0.15) is 5.10 Å². The molecule has 0 aromatic carbocycles. The van der Waals surface area contributed by atoms with Crippen molar-refractivity contribution < 1.29 is 4.52 Å². The van der Waals surface area contributed by atoms with Crippen LogP contribution in [0.2, 0.25) is 0 Å². The third kappa shape index (κ3) is 5.11. The number of nitrogens with zero attached hydrogens (tertiary/aromatic N) is 4. The number of hydrogen-bond donors (Lipinski definition) is 2. The van der Waals surface area contributed by atoms with E-state index in [-0.39, 0.29) is 0 Å². The summed E-state index contributed by atoms with van der Waals surface area (Å²) in [5.74, 6) is 2.05. The number of aromatic nitrogens is 3. The molecule has 0 aliphatic heterocycles. The average Bonchev–Trinajstić information content (AvgIpc) is 3.21. The molecule has 7 nitrogen and oxygen atoms in total. The van der Waals surface area contributed by atoms with Gasteiger partial charge in [-0.1, -0.05) is 19.0 Å². The summed E-state index contributed by atoms with van der Waals surface area (Å²) in [6, 6.07) is 2.04. The second-order valence-electron chi connectivity index (χ2n) is 5.86. The highest BCUT2D eigenvalue weighted by Crippen LogP contribution is 2.22. The summed E-state index contributed by atoms with van der Waals surface area (Å²) in [7, 11) is 3.68. The highest BCUT2D eigenvalue weighted by molar-refractivity contribution is 5.79. The van der Waals surface area contributed by atoms with Gasteiger partial charge in [-0.15, -0.1) is 0 Å². The molecule has 24 heavy (non-hydrogen) atoms. The van der Waals surface area contributed by atoms with Crippen molar-refractivity contribution in [2.75, 3.05) is 13.6 Å². The zero-order valence-electron chi connectivity index (χ0n) is 15.0. The Kier molecular flexibility index (Phi) is 6.84. The predicted octanol–water partition coefficient (Wildman–Crippen LogP) is 2.22. The van der Waals surface area contributed by atoms with Gasteiger partial charge in [0.15, 0.2) is 11.7 Å². The van der Waals surface area contributed by atoms with E-state index in [4.69, 9.17) is 4.52 Å². The standard InChI is InChI=1S/C17H28N6O/c1-5-14(6-2)16-9-15(24-22-16)11-20-17(18-3)19-8-7-13-10-21-23(4)12-13/h9-10,12,14H,5-8,11H2,1-4H3,(H2,18,19,20). The van der Waals surface area contributed by atoms with Crippen LogP contribution in [0.5, 0.6) is 0 Å². The highest BCUT2D eigenvalue weighted by Gasteiger charge is 2.13. The van der Waals surface area contributed by atoms with Crippen LogP contribution in [0.1, 0.15) is 49.6 Å². The van der Waals surface area contributed by atoms with Crippen LogP contribution in [-0.2, 0) is 20.0 Å². The molecule has 0 unspecified atom stereocenters. The first-order chi connectivity index (χ1) is 11.7. The first kappa shape index (κ1) is 18.0. The lowest BCUT2D eigenvalue weighted by Gasteiger charge is -2.10. The summed E-state index contributed by atoms with van der Waals surface area (Å²) in [4.78, 5) is 4.23. The molecule has 2 rings (SSSR count). The molecule has 0 radical (unpaired) electrons. The van der Waals surface area contributed by atoms with Crippen LogP contribution in [0.3, 0.4) is 0 Å². The second-order valence-corrected chi connectivity index (χ2v) is 5.86. The molecule has 0 atom stereocenters. The van der Waals surface area contributed by atoms with Crippen LogP contribution in [0.4, 0.5) is 0 Å². The van der Waals surface area contributed by atoms with Crippen molar-refractivity contribution in [2.45, 2.75) is 45.6 Å². The van der Waals surface area contributed by atoms with Crippen LogP contribution >= 0.6 is 0 Å². The lowest BCUT2D eigenvalue weighted by Crippen LogP contribution is -2.37. The minimum absolute atomic E-state index is 0.472. The quantitative estimate of drug-likeness (QED) is 0.572. The summed E-state index contributed by atoms with van der Waals surface area (Å²) in [5, 5.41) is 14.9. The lowest BCUT2D eigenvalue weighted by molar-refractivity contribution is 0.368. The Balaban J connectivity index is 1.77. The van der Waals surface area contributed by atoms with E-state index >= 15 is 0 Å². The molecule has 0 bridgehead atoms. The molecule has 0 fully saturated rings. The Labute approximate surface area is 143 Å². The highest BCUT2D eigenvalue weighted by atomic mass is 16.5. The minimum Gasteiger partial charge on any atom is -0.359 e. The monoisotopic (exact) mass is 332 g/mol. The molecule has 0 aliphatic carbocycles. The first-order valence-corrected chi connectivity index (χ1v) is 8.53. The number of guanidine groups is 1. The number of aliphatic imine (C=N–C) groups is 1. The number of hydrogen-bond acceptors (Lipinski definition) is 4. The molecule has 132 valence electrons. The van der Waals surface area contributed by atoms with E-state index in [1.165, 1.54) is 5.56 Å². The molecule has 2 heterocycles. The Morgan fingerprint density at radius 1 is 1.33 bits per heavy atom. The third-order valence-electron chi connectivity index (χ3n) is 4.10. The Bertz CT molecular complexity index is 641. The molecule has 0 saturated heterocycles. The Morgan fingerprint density at radius 2 is 2.12 bits per heavy atom. The van der Waals surface area contributed by atoms with Crippen molar-refractivity contribution in [3.8, 4) is 0 Å². The van der Waals surface area contributed by atoms with Crippen molar-refractivity contribution in [1.29, 1.82) is 0 Å². The second kappa shape index (κ2) is 9.10. The molecule has 0 saturated carbocycles. The molecule has 0 amide bonds. The average molecular weight is 332 g/mol. The normalized spacial score (nSPS) is 12.0. The first-order valence-electron chi connectivity index (χ1n) is 8.53. The molecule has 0 aliphatic rings. The van der Waals surface area contributed by atoms with Crippen molar-refractivity contribution in [2.24, 2.45) is 12.0 Å². The fraction of sp³-hybridized carbons (Fsp3) is 0.588. The van der Waals surface area contributed by atoms with Crippen molar-refractivity contribution in [1.82, 2.24) is 25.6 Å².